The second kappa shape index (κ2) is 6.76. The molecule has 118 valence electrons. The number of hydrogen-bond acceptors (Lipinski definition) is 4. The molecule has 0 unspecified atom stereocenters. The smallest absolute Gasteiger partial charge is 0.410 e. The van der Waals surface area contributed by atoms with Crippen LogP contribution in [0.2, 0.25) is 0 Å². The molecule has 0 aromatic rings. The maximum Gasteiger partial charge on any atom is 0.410 e. The van der Waals surface area contributed by atoms with Crippen molar-refractivity contribution in [3.63, 3.8) is 0 Å². The molecule has 1 amide bonds. The van der Waals surface area contributed by atoms with Gasteiger partial charge in [0.25, 0.3) is 0 Å². The van der Waals surface area contributed by atoms with Gasteiger partial charge in [-0.05, 0) is 33.6 Å². The standard InChI is InChI=1S/C15H30N2O3/c1-6-15(19,7-2)12-16-8-10-17(11-9-16)13(18)20-14(3,4)5/h19H,6-12H2,1-5H3. The Kier molecular flexibility index (Phi) is 5.83. The van der Waals surface area contributed by atoms with Crippen LogP contribution in [0.5, 0.6) is 0 Å². The van der Waals surface area contributed by atoms with Crippen LogP contribution in [-0.2, 0) is 4.74 Å². The zero-order valence-corrected chi connectivity index (χ0v) is 13.6. The second-order valence-corrected chi connectivity index (χ2v) is 6.67. The molecule has 0 aliphatic carbocycles. The third kappa shape index (κ3) is 5.29. The van der Waals surface area contributed by atoms with Crippen LogP contribution in [0.3, 0.4) is 0 Å². The molecule has 0 aromatic carbocycles. The lowest BCUT2D eigenvalue weighted by atomic mass is 9.96. The first-order valence-electron chi connectivity index (χ1n) is 7.62. The molecule has 20 heavy (non-hydrogen) atoms. The third-order valence-electron chi connectivity index (χ3n) is 3.86. The van der Waals surface area contributed by atoms with E-state index in [-0.39, 0.29) is 6.09 Å². The summed E-state index contributed by atoms with van der Waals surface area (Å²) in [6, 6.07) is 0. The molecular formula is C15H30N2O3. The normalized spacial score (nSPS) is 18.2. The van der Waals surface area contributed by atoms with Crippen LogP contribution in [-0.4, -0.2) is 64.9 Å². The molecule has 5 heteroatoms. The first-order valence-corrected chi connectivity index (χ1v) is 7.62. The Balaban J connectivity index is 2.42. The number of hydrogen-bond donors (Lipinski definition) is 1. The van der Waals surface area contributed by atoms with Crippen LogP contribution in [0.25, 0.3) is 0 Å². The van der Waals surface area contributed by atoms with Gasteiger partial charge in [-0.2, -0.15) is 0 Å². The van der Waals surface area contributed by atoms with Gasteiger partial charge >= 0.3 is 6.09 Å². The third-order valence-corrected chi connectivity index (χ3v) is 3.86. The summed E-state index contributed by atoms with van der Waals surface area (Å²) in [5, 5.41) is 10.4. The van der Waals surface area contributed by atoms with Gasteiger partial charge < -0.3 is 14.7 Å². The van der Waals surface area contributed by atoms with E-state index in [1.54, 1.807) is 4.90 Å². The number of aliphatic hydroxyl groups is 1. The summed E-state index contributed by atoms with van der Waals surface area (Å²) in [4.78, 5) is 15.9. The van der Waals surface area contributed by atoms with E-state index >= 15 is 0 Å². The van der Waals surface area contributed by atoms with Crippen LogP contribution in [0, 0.1) is 0 Å². The predicted octanol–water partition coefficient (Wildman–Crippen LogP) is 2.09. The number of amides is 1. The SMILES string of the molecule is CCC(O)(CC)CN1CCN(C(=O)OC(C)(C)C)CC1. The lowest BCUT2D eigenvalue weighted by Gasteiger charge is -2.39. The largest absolute Gasteiger partial charge is 0.444 e. The topological polar surface area (TPSA) is 53.0 Å². The molecule has 0 atom stereocenters. The van der Waals surface area contributed by atoms with Gasteiger partial charge in [-0.25, -0.2) is 4.79 Å². The number of ether oxygens (including phenoxy) is 1. The number of rotatable bonds is 4. The van der Waals surface area contributed by atoms with Crippen LogP contribution < -0.4 is 0 Å². The quantitative estimate of drug-likeness (QED) is 0.860. The van der Waals surface area contributed by atoms with Gasteiger partial charge in [0.1, 0.15) is 5.60 Å². The summed E-state index contributed by atoms with van der Waals surface area (Å²) in [5.74, 6) is 0. The van der Waals surface area contributed by atoms with Gasteiger partial charge in [0.2, 0.25) is 0 Å². The minimum absolute atomic E-state index is 0.238. The molecule has 1 fully saturated rings. The number of piperazine rings is 1. The number of β-amino-alcohol motifs (C(OH)–C–C–N with tert-alkyl or cyclic N) is 1. The number of carbonyl (C=O) groups is 1. The Morgan fingerprint density at radius 2 is 1.60 bits per heavy atom. The van der Waals surface area contributed by atoms with Crippen molar-refractivity contribution in [2.75, 3.05) is 32.7 Å². The molecule has 1 heterocycles. The Labute approximate surface area is 122 Å². The second-order valence-electron chi connectivity index (χ2n) is 6.67. The van der Waals surface area contributed by atoms with Crippen molar-refractivity contribution in [1.29, 1.82) is 0 Å². The average molecular weight is 286 g/mol. The van der Waals surface area contributed by atoms with Crippen LogP contribution >= 0.6 is 0 Å². The van der Waals surface area contributed by atoms with Gasteiger partial charge in [0.05, 0.1) is 5.60 Å². The summed E-state index contributed by atoms with van der Waals surface area (Å²) < 4.78 is 5.37. The van der Waals surface area contributed by atoms with Crippen molar-refractivity contribution >= 4 is 6.09 Å². The summed E-state index contributed by atoms with van der Waals surface area (Å²) in [5.41, 5.74) is -1.05. The maximum atomic E-state index is 12.0. The van der Waals surface area contributed by atoms with E-state index in [0.717, 1.165) is 25.9 Å². The monoisotopic (exact) mass is 286 g/mol. The highest BCUT2D eigenvalue weighted by Crippen LogP contribution is 2.18. The van der Waals surface area contributed by atoms with E-state index in [0.29, 0.717) is 19.6 Å². The summed E-state index contributed by atoms with van der Waals surface area (Å²) in [6.45, 7) is 13.3. The maximum absolute atomic E-state index is 12.0. The van der Waals surface area contributed by atoms with E-state index < -0.39 is 11.2 Å². The molecule has 0 saturated carbocycles. The van der Waals surface area contributed by atoms with E-state index in [9.17, 15) is 9.90 Å². The van der Waals surface area contributed by atoms with Gasteiger partial charge in [-0.3, -0.25) is 4.90 Å². The zero-order valence-electron chi connectivity index (χ0n) is 13.6. The minimum Gasteiger partial charge on any atom is -0.444 e. The predicted molar refractivity (Wildman–Crippen MR) is 79.8 cm³/mol. The van der Waals surface area contributed by atoms with Crippen molar-refractivity contribution in [1.82, 2.24) is 9.80 Å². The molecule has 1 aliphatic rings. The highest BCUT2D eigenvalue weighted by atomic mass is 16.6. The minimum atomic E-state index is -0.603. The van der Waals surface area contributed by atoms with Gasteiger partial charge in [-0.15, -0.1) is 0 Å². The summed E-state index contributed by atoms with van der Waals surface area (Å²) in [6.07, 6.45) is 1.28. The van der Waals surface area contributed by atoms with Gasteiger partial charge in [0.15, 0.2) is 0 Å². The number of carbonyl (C=O) groups excluding carboxylic acids is 1. The summed E-state index contributed by atoms with van der Waals surface area (Å²) >= 11 is 0. The molecule has 1 N–H and O–H groups in total. The highest BCUT2D eigenvalue weighted by molar-refractivity contribution is 5.68. The first-order chi connectivity index (χ1) is 9.19. The van der Waals surface area contributed by atoms with Crippen molar-refractivity contribution in [3.05, 3.63) is 0 Å². The lowest BCUT2D eigenvalue weighted by Crippen LogP contribution is -2.53. The Bertz CT molecular complexity index is 314. The Hall–Kier alpha value is -0.810. The fourth-order valence-corrected chi connectivity index (χ4v) is 2.30. The average Bonchev–Trinajstić information content (AvgIpc) is 2.37. The first kappa shape index (κ1) is 17.2. The fraction of sp³-hybridized carbons (Fsp3) is 0.933. The van der Waals surface area contributed by atoms with Crippen molar-refractivity contribution in [2.24, 2.45) is 0 Å². The van der Waals surface area contributed by atoms with Crippen molar-refractivity contribution in [2.45, 2.75) is 58.7 Å². The fourth-order valence-electron chi connectivity index (χ4n) is 2.30. The number of nitrogens with zero attached hydrogens (tertiary/aromatic N) is 2. The Morgan fingerprint density at radius 1 is 1.10 bits per heavy atom. The van der Waals surface area contributed by atoms with E-state index in [2.05, 4.69) is 4.90 Å². The van der Waals surface area contributed by atoms with Gasteiger partial charge in [0, 0.05) is 32.7 Å². The highest BCUT2D eigenvalue weighted by Gasteiger charge is 2.30. The molecule has 5 nitrogen and oxygen atoms in total. The molecule has 0 spiro atoms. The molecule has 1 aliphatic heterocycles. The van der Waals surface area contributed by atoms with Crippen LogP contribution in [0.15, 0.2) is 0 Å². The molecule has 0 bridgehead atoms. The van der Waals surface area contributed by atoms with Crippen molar-refractivity contribution < 1.29 is 14.6 Å². The van der Waals surface area contributed by atoms with Gasteiger partial charge in [-0.1, -0.05) is 13.8 Å². The molecule has 0 aromatic heterocycles. The van der Waals surface area contributed by atoms with E-state index in [1.165, 1.54) is 0 Å². The molecular weight excluding hydrogens is 256 g/mol. The van der Waals surface area contributed by atoms with E-state index in [1.807, 2.05) is 34.6 Å². The molecule has 1 rings (SSSR count). The Morgan fingerprint density at radius 3 is 2.00 bits per heavy atom. The summed E-state index contributed by atoms with van der Waals surface area (Å²) in [7, 11) is 0. The van der Waals surface area contributed by atoms with E-state index in [4.69, 9.17) is 4.74 Å². The van der Waals surface area contributed by atoms with Crippen molar-refractivity contribution in [3.8, 4) is 0 Å². The molecule has 1 saturated heterocycles. The van der Waals surface area contributed by atoms with Crippen LogP contribution in [0.1, 0.15) is 47.5 Å². The van der Waals surface area contributed by atoms with Crippen LogP contribution in [0.4, 0.5) is 4.79 Å². The zero-order chi connectivity index (χ0) is 15.4. The molecule has 0 radical (unpaired) electrons. The lowest BCUT2D eigenvalue weighted by molar-refractivity contribution is -0.0213.